The molecule has 28 heavy (non-hydrogen) atoms. The Morgan fingerprint density at radius 1 is 1.18 bits per heavy atom. The monoisotopic (exact) mass is 381 g/mol. The van der Waals surface area contributed by atoms with Crippen molar-refractivity contribution in [1.82, 2.24) is 5.32 Å². The smallest absolute Gasteiger partial charge is 0.258 e. The van der Waals surface area contributed by atoms with Crippen molar-refractivity contribution in [3.8, 4) is 11.5 Å². The maximum absolute atomic E-state index is 12.3. The number of para-hydroxylation sites is 1. The molecule has 0 radical (unpaired) electrons. The van der Waals surface area contributed by atoms with E-state index in [1.807, 2.05) is 44.2 Å². The lowest BCUT2D eigenvalue weighted by Crippen LogP contribution is -2.31. The molecule has 0 unspecified atom stereocenters. The van der Waals surface area contributed by atoms with Crippen molar-refractivity contribution in [3.63, 3.8) is 0 Å². The summed E-state index contributed by atoms with van der Waals surface area (Å²) in [4.78, 5) is 23.5. The summed E-state index contributed by atoms with van der Waals surface area (Å²) in [6.45, 7) is 4.19. The number of carbonyl (C=O) groups is 2. The van der Waals surface area contributed by atoms with Crippen LogP contribution < -0.4 is 14.8 Å². The number of rotatable bonds is 9. The number of hydrogen-bond donors (Lipinski definition) is 1. The van der Waals surface area contributed by atoms with E-state index < -0.39 is 0 Å². The first-order chi connectivity index (χ1) is 13.6. The van der Waals surface area contributed by atoms with Crippen LogP contribution in [0.15, 0.2) is 52.9 Å². The molecule has 1 atom stereocenters. The average Bonchev–Trinajstić information content (AvgIpc) is 3.15. The normalized spacial score (nSPS) is 11.8. The summed E-state index contributed by atoms with van der Waals surface area (Å²) in [6.07, 6.45) is 1.56. The van der Waals surface area contributed by atoms with Crippen LogP contribution in [0.2, 0.25) is 0 Å². The molecule has 3 rings (SSSR count). The van der Waals surface area contributed by atoms with Crippen LogP contribution in [-0.4, -0.2) is 25.4 Å². The predicted octanol–water partition coefficient (Wildman–Crippen LogP) is 4.29. The molecule has 146 valence electrons. The number of nitrogens with one attached hydrogen (secondary N) is 1. The summed E-state index contributed by atoms with van der Waals surface area (Å²) in [5.41, 5.74) is 1.14. The van der Waals surface area contributed by atoms with Gasteiger partial charge in [0.1, 0.15) is 22.8 Å². The van der Waals surface area contributed by atoms with Gasteiger partial charge in [-0.3, -0.25) is 9.59 Å². The summed E-state index contributed by atoms with van der Waals surface area (Å²) < 4.78 is 16.9. The topological polar surface area (TPSA) is 77.8 Å². The molecule has 0 saturated carbocycles. The molecule has 0 aliphatic heterocycles. The SMILES string of the molecule is CCCOc1ccc(C=O)c(OCC(=O)N[C@@H](C)c2cc3ccccc3o2)c1. The third-order valence-electron chi connectivity index (χ3n) is 4.19. The van der Waals surface area contributed by atoms with Gasteiger partial charge in [-0.25, -0.2) is 0 Å². The lowest BCUT2D eigenvalue weighted by atomic mass is 10.2. The van der Waals surface area contributed by atoms with Gasteiger partial charge in [0.25, 0.3) is 5.91 Å². The van der Waals surface area contributed by atoms with Gasteiger partial charge in [-0.1, -0.05) is 25.1 Å². The van der Waals surface area contributed by atoms with Gasteiger partial charge < -0.3 is 19.2 Å². The van der Waals surface area contributed by atoms with Crippen LogP contribution in [0.25, 0.3) is 11.0 Å². The Hall–Kier alpha value is -3.28. The van der Waals surface area contributed by atoms with E-state index >= 15 is 0 Å². The Bertz CT molecular complexity index is 929. The Morgan fingerprint density at radius 3 is 2.75 bits per heavy atom. The van der Waals surface area contributed by atoms with E-state index in [-0.39, 0.29) is 18.6 Å². The number of hydrogen-bond acceptors (Lipinski definition) is 5. The molecule has 0 spiro atoms. The summed E-state index contributed by atoms with van der Waals surface area (Å²) >= 11 is 0. The van der Waals surface area contributed by atoms with Crippen molar-refractivity contribution >= 4 is 23.2 Å². The van der Waals surface area contributed by atoms with Crippen LogP contribution in [0.3, 0.4) is 0 Å². The number of aldehydes is 1. The fourth-order valence-corrected chi connectivity index (χ4v) is 2.76. The van der Waals surface area contributed by atoms with Gasteiger partial charge in [0, 0.05) is 11.5 Å². The Morgan fingerprint density at radius 2 is 2.00 bits per heavy atom. The molecule has 6 nitrogen and oxygen atoms in total. The van der Waals surface area contributed by atoms with Crippen LogP contribution in [0.5, 0.6) is 11.5 Å². The summed E-state index contributed by atoms with van der Waals surface area (Å²) in [5, 5.41) is 3.82. The second-order valence-electron chi connectivity index (χ2n) is 6.43. The van der Waals surface area contributed by atoms with Gasteiger partial charge in [0.2, 0.25) is 0 Å². The number of ether oxygens (including phenoxy) is 2. The molecular weight excluding hydrogens is 358 g/mol. The highest BCUT2D eigenvalue weighted by molar-refractivity contribution is 5.82. The van der Waals surface area contributed by atoms with E-state index in [1.54, 1.807) is 18.2 Å². The summed E-state index contributed by atoms with van der Waals surface area (Å²) in [5.74, 6) is 1.26. The summed E-state index contributed by atoms with van der Waals surface area (Å²) in [7, 11) is 0. The van der Waals surface area contributed by atoms with E-state index in [0.717, 1.165) is 17.4 Å². The van der Waals surface area contributed by atoms with Gasteiger partial charge in [0.05, 0.1) is 18.2 Å². The minimum absolute atomic E-state index is 0.220. The number of furan rings is 1. The average molecular weight is 381 g/mol. The highest BCUT2D eigenvalue weighted by atomic mass is 16.5. The molecule has 0 fully saturated rings. The lowest BCUT2D eigenvalue weighted by Gasteiger charge is -2.14. The molecule has 1 N–H and O–H groups in total. The van der Waals surface area contributed by atoms with E-state index in [0.29, 0.717) is 35.7 Å². The van der Waals surface area contributed by atoms with E-state index in [2.05, 4.69) is 5.32 Å². The number of fused-ring (bicyclic) bond motifs is 1. The molecule has 0 aliphatic rings. The molecule has 2 aromatic carbocycles. The molecular formula is C22H23NO5. The number of amides is 1. The fourth-order valence-electron chi connectivity index (χ4n) is 2.76. The maximum atomic E-state index is 12.3. The van der Waals surface area contributed by atoms with E-state index in [1.165, 1.54) is 0 Å². The predicted molar refractivity (Wildman–Crippen MR) is 106 cm³/mol. The van der Waals surface area contributed by atoms with Crippen LogP contribution in [0.1, 0.15) is 42.4 Å². The molecule has 1 aromatic heterocycles. The molecule has 0 bridgehead atoms. The summed E-state index contributed by atoms with van der Waals surface area (Å²) in [6, 6.07) is 14.2. The van der Waals surface area contributed by atoms with Crippen molar-refractivity contribution in [2.45, 2.75) is 26.3 Å². The van der Waals surface area contributed by atoms with Crippen LogP contribution in [0.4, 0.5) is 0 Å². The Balaban J connectivity index is 1.61. The third kappa shape index (κ3) is 4.71. The highest BCUT2D eigenvalue weighted by Gasteiger charge is 2.15. The first kappa shape index (κ1) is 19.5. The largest absolute Gasteiger partial charge is 0.493 e. The molecule has 1 heterocycles. The molecule has 6 heteroatoms. The van der Waals surface area contributed by atoms with E-state index in [9.17, 15) is 9.59 Å². The maximum Gasteiger partial charge on any atom is 0.258 e. The van der Waals surface area contributed by atoms with E-state index in [4.69, 9.17) is 13.9 Å². The van der Waals surface area contributed by atoms with Gasteiger partial charge in [0.15, 0.2) is 12.9 Å². The zero-order valence-electron chi connectivity index (χ0n) is 15.9. The number of benzene rings is 2. The highest BCUT2D eigenvalue weighted by Crippen LogP contribution is 2.25. The Labute approximate surface area is 163 Å². The second kappa shape index (κ2) is 9.08. The quantitative estimate of drug-likeness (QED) is 0.560. The van der Waals surface area contributed by atoms with Gasteiger partial charge in [-0.2, -0.15) is 0 Å². The Kier molecular flexibility index (Phi) is 6.32. The molecule has 1 amide bonds. The minimum Gasteiger partial charge on any atom is -0.493 e. The second-order valence-corrected chi connectivity index (χ2v) is 6.43. The van der Waals surface area contributed by atoms with Gasteiger partial charge in [-0.05, 0) is 37.6 Å². The van der Waals surface area contributed by atoms with Crippen molar-refractivity contribution in [1.29, 1.82) is 0 Å². The molecule has 0 saturated heterocycles. The first-order valence-electron chi connectivity index (χ1n) is 9.23. The molecule has 3 aromatic rings. The third-order valence-corrected chi connectivity index (χ3v) is 4.19. The van der Waals surface area contributed by atoms with Crippen molar-refractivity contribution in [2.24, 2.45) is 0 Å². The first-order valence-corrected chi connectivity index (χ1v) is 9.23. The van der Waals surface area contributed by atoms with Crippen LogP contribution in [0, 0.1) is 0 Å². The lowest BCUT2D eigenvalue weighted by molar-refractivity contribution is -0.123. The minimum atomic E-state index is -0.315. The standard InChI is InChI=1S/C22H23NO5/c1-3-10-26-18-9-8-17(13-24)21(12-18)27-14-22(25)23-15(2)20-11-16-6-4-5-7-19(16)28-20/h4-9,11-13,15H,3,10,14H2,1-2H3,(H,23,25)/t15-/m0/s1. The van der Waals surface area contributed by atoms with Crippen molar-refractivity contribution < 1.29 is 23.5 Å². The zero-order chi connectivity index (χ0) is 19.9. The number of carbonyl (C=O) groups excluding carboxylic acids is 2. The molecule has 0 aliphatic carbocycles. The zero-order valence-corrected chi connectivity index (χ0v) is 15.9. The van der Waals surface area contributed by atoms with Crippen molar-refractivity contribution in [3.05, 3.63) is 59.9 Å². The van der Waals surface area contributed by atoms with Crippen LogP contribution in [-0.2, 0) is 4.79 Å². The van der Waals surface area contributed by atoms with Crippen molar-refractivity contribution in [2.75, 3.05) is 13.2 Å². The van der Waals surface area contributed by atoms with Gasteiger partial charge in [-0.15, -0.1) is 0 Å². The van der Waals surface area contributed by atoms with Crippen LogP contribution >= 0.6 is 0 Å². The fraction of sp³-hybridized carbons (Fsp3) is 0.273. The van der Waals surface area contributed by atoms with Gasteiger partial charge >= 0.3 is 0 Å².